The molecule has 7 heteroatoms. The zero-order valence-corrected chi connectivity index (χ0v) is 11.5. The molecule has 0 bridgehead atoms. The van der Waals surface area contributed by atoms with Crippen LogP contribution in [0.25, 0.3) is 0 Å². The van der Waals surface area contributed by atoms with Crippen LogP contribution < -0.4 is 10.9 Å². The summed E-state index contributed by atoms with van der Waals surface area (Å²) in [4.78, 5) is 38.9. The number of hydrogen-bond donors (Lipinski definition) is 3. The van der Waals surface area contributed by atoms with Gasteiger partial charge in [-0.05, 0) is 18.3 Å². The Morgan fingerprint density at radius 2 is 1.95 bits per heavy atom. The van der Waals surface area contributed by atoms with E-state index in [1.165, 1.54) is 12.1 Å². The Labute approximate surface area is 121 Å². The Balaban J connectivity index is 1.70. The van der Waals surface area contributed by atoms with Gasteiger partial charge in [0.25, 0.3) is 11.5 Å². The van der Waals surface area contributed by atoms with Gasteiger partial charge in [-0.25, -0.2) is 0 Å². The van der Waals surface area contributed by atoms with E-state index >= 15 is 0 Å². The zero-order valence-electron chi connectivity index (χ0n) is 11.5. The molecule has 1 spiro atoms. The van der Waals surface area contributed by atoms with E-state index in [0.717, 1.165) is 12.8 Å². The lowest BCUT2D eigenvalue weighted by molar-refractivity contribution is -0.119. The summed E-state index contributed by atoms with van der Waals surface area (Å²) in [6.45, 7) is 1.79. The number of carbonyl (C=O) groups excluding carboxylic acids is 2. The monoisotopic (exact) mass is 291 g/mol. The smallest absolute Gasteiger partial charge is 0.254 e. The molecule has 2 amide bonds. The third-order valence-electron chi connectivity index (χ3n) is 4.38. The molecule has 2 aliphatic rings. The number of piperidine rings is 1. The molecule has 1 aromatic rings. The third kappa shape index (κ3) is 2.63. The predicted molar refractivity (Wildman–Crippen MR) is 73.9 cm³/mol. The number of carbonyl (C=O) groups is 2. The summed E-state index contributed by atoms with van der Waals surface area (Å²) in [7, 11) is 0. The van der Waals surface area contributed by atoms with Crippen molar-refractivity contribution >= 4 is 11.8 Å². The minimum absolute atomic E-state index is 0.0236. The van der Waals surface area contributed by atoms with E-state index < -0.39 is 5.56 Å². The van der Waals surface area contributed by atoms with E-state index in [1.54, 1.807) is 4.90 Å². The fraction of sp³-hybridized carbons (Fsp3) is 0.500. The van der Waals surface area contributed by atoms with Crippen molar-refractivity contribution < 1.29 is 14.7 Å². The number of amides is 2. The Kier molecular flexibility index (Phi) is 3.19. The van der Waals surface area contributed by atoms with Crippen LogP contribution in [0.2, 0.25) is 0 Å². The summed E-state index contributed by atoms with van der Waals surface area (Å²) in [5.74, 6) is -0.497. The molecule has 0 saturated carbocycles. The molecule has 7 nitrogen and oxygen atoms in total. The molecule has 3 rings (SSSR count). The maximum Gasteiger partial charge on any atom is 0.254 e. The number of nitrogens with zero attached hydrogens (tertiary/aromatic N) is 1. The van der Waals surface area contributed by atoms with Crippen molar-refractivity contribution in [3.05, 3.63) is 28.0 Å². The molecule has 3 N–H and O–H groups in total. The average Bonchev–Trinajstić information content (AvgIpc) is 2.79. The van der Waals surface area contributed by atoms with Crippen molar-refractivity contribution in [3.8, 4) is 5.88 Å². The van der Waals surface area contributed by atoms with Gasteiger partial charge in [-0.2, -0.15) is 0 Å². The van der Waals surface area contributed by atoms with Gasteiger partial charge in [0, 0.05) is 38.2 Å². The lowest BCUT2D eigenvalue weighted by atomic mass is 9.77. The maximum absolute atomic E-state index is 12.4. The maximum atomic E-state index is 12.4. The van der Waals surface area contributed by atoms with Gasteiger partial charge in [-0.15, -0.1) is 0 Å². The van der Waals surface area contributed by atoms with Crippen molar-refractivity contribution in [3.63, 3.8) is 0 Å². The normalized spacial score (nSPS) is 20.6. The number of H-pyrrole nitrogens is 1. The highest BCUT2D eigenvalue weighted by molar-refractivity contribution is 5.94. The zero-order chi connectivity index (χ0) is 15.0. The van der Waals surface area contributed by atoms with Crippen LogP contribution in [0, 0.1) is 5.41 Å². The summed E-state index contributed by atoms with van der Waals surface area (Å²) in [5, 5.41) is 12.2. The summed E-state index contributed by atoms with van der Waals surface area (Å²) >= 11 is 0. The summed E-state index contributed by atoms with van der Waals surface area (Å²) in [6, 6.07) is 2.45. The lowest BCUT2D eigenvalue weighted by Crippen LogP contribution is -2.44. The van der Waals surface area contributed by atoms with Gasteiger partial charge < -0.3 is 15.3 Å². The highest BCUT2D eigenvalue weighted by Crippen LogP contribution is 2.37. The number of rotatable bonds is 1. The van der Waals surface area contributed by atoms with E-state index in [2.05, 4.69) is 10.3 Å². The summed E-state index contributed by atoms with van der Waals surface area (Å²) < 4.78 is 0. The molecule has 2 aliphatic heterocycles. The van der Waals surface area contributed by atoms with Crippen molar-refractivity contribution in [2.24, 2.45) is 5.41 Å². The quantitative estimate of drug-likeness (QED) is 0.668. The molecule has 0 radical (unpaired) electrons. The number of likely N-dealkylation sites (tertiary alicyclic amines) is 1. The Bertz CT molecular complexity index is 644. The second-order valence-electron chi connectivity index (χ2n) is 5.86. The third-order valence-corrected chi connectivity index (χ3v) is 4.38. The Morgan fingerprint density at radius 3 is 2.52 bits per heavy atom. The predicted octanol–water partition coefficient (Wildman–Crippen LogP) is -0.177. The Morgan fingerprint density at radius 1 is 1.24 bits per heavy atom. The van der Waals surface area contributed by atoms with E-state index in [9.17, 15) is 19.5 Å². The second kappa shape index (κ2) is 4.91. The molecule has 21 heavy (non-hydrogen) atoms. The van der Waals surface area contributed by atoms with Crippen LogP contribution in [0.5, 0.6) is 5.88 Å². The van der Waals surface area contributed by atoms with Crippen LogP contribution >= 0.6 is 0 Å². The first-order valence-corrected chi connectivity index (χ1v) is 6.97. The molecule has 0 aliphatic carbocycles. The number of aromatic amines is 1. The molecule has 3 heterocycles. The first-order valence-electron chi connectivity index (χ1n) is 6.97. The molecule has 0 atom stereocenters. The van der Waals surface area contributed by atoms with Crippen LogP contribution in [0.4, 0.5) is 0 Å². The molecule has 112 valence electrons. The van der Waals surface area contributed by atoms with Gasteiger partial charge in [-0.3, -0.25) is 19.4 Å². The molecule has 2 saturated heterocycles. The number of pyridine rings is 1. The fourth-order valence-corrected chi connectivity index (χ4v) is 3.12. The van der Waals surface area contributed by atoms with Crippen molar-refractivity contribution in [1.82, 2.24) is 15.2 Å². The molecular formula is C14H17N3O4. The van der Waals surface area contributed by atoms with Crippen molar-refractivity contribution in [2.75, 3.05) is 19.6 Å². The van der Waals surface area contributed by atoms with E-state index in [-0.39, 0.29) is 28.7 Å². The fourth-order valence-electron chi connectivity index (χ4n) is 3.12. The largest absolute Gasteiger partial charge is 0.494 e. The van der Waals surface area contributed by atoms with Crippen molar-refractivity contribution in [1.29, 1.82) is 0 Å². The van der Waals surface area contributed by atoms with E-state index in [1.807, 2.05) is 0 Å². The van der Waals surface area contributed by atoms with Gasteiger partial charge in [-0.1, -0.05) is 0 Å². The second-order valence-corrected chi connectivity index (χ2v) is 5.86. The highest BCUT2D eigenvalue weighted by atomic mass is 16.3. The van der Waals surface area contributed by atoms with Gasteiger partial charge in [0.2, 0.25) is 5.91 Å². The molecule has 1 aromatic heterocycles. The summed E-state index contributed by atoms with van der Waals surface area (Å²) in [5.41, 5.74) is -0.338. The van der Waals surface area contributed by atoms with Crippen LogP contribution in [0.1, 0.15) is 29.6 Å². The SMILES string of the molecule is O=C1CC2(CCN(C(=O)c3cc(O)[nH]c(=O)c3)CC2)CN1. The van der Waals surface area contributed by atoms with Crippen LogP contribution in [0.15, 0.2) is 16.9 Å². The van der Waals surface area contributed by atoms with Crippen LogP contribution in [-0.2, 0) is 4.79 Å². The average molecular weight is 291 g/mol. The minimum Gasteiger partial charge on any atom is -0.494 e. The van der Waals surface area contributed by atoms with Gasteiger partial charge in [0.1, 0.15) is 0 Å². The van der Waals surface area contributed by atoms with Gasteiger partial charge in [0.05, 0.1) is 5.56 Å². The highest BCUT2D eigenvalue weighted by Gasteiger charge is 2.41. The van der Waals surface area contributed by atoms with Crippen molar-refractivity contribution in [2.45, 2.75) is 19.3 Å². The number of aromatic hydroxyl groups is 1. The van der Waals surface area contributed by atoms with Crippen LogP contribution in [0.3, 0.4) is 0 Å². The minimum atomic E-state index is -0.502. The lowest BCUT2D eigenvalue weighted by Gasteiger charge is -2.38. The molecule has 0 aromatic carbocycles. The number of aromatic nitrogens is 1. The number of nitrogens with one attached hydrogen (secondary N) is 2. The first kappa shape index (κ1) is 13.7. The van der Waals surface area contributed by atoms with Gasteiger partial charge in [0.15, 0.2) is 5.88 Å². The molecule has 2 fully saturated rings. The van der Waals surface area contributed by atoms with E-state index in [0.29, 0.717) is 26.1 Å². The summed E-state index contributed by atoms with van der Waals surface area (Å²) in [6.07, 6.45) is 2.07. The Hall–Kier alpha value is -2.31. The van der Waals surface area contributed by atoms with Crippen LogP contribution in [-0.4, -0.2) is 46.4 Å². The van der Waals surface area contributed by atoms with E-state index in [4.69, 9.17) is 0 Å². The van der Waals surface area contributed by atoms with Gasteiger partial charge >= 0.3 is 0 Å². The first-order chi connectivity index (χ1) is 9.97. The number of hydrogen-bond acceptors (Lipinski definition) is 4. The standard InChI is InChI=1S/C14H17N3O4/c18-10-5-9(6-11(19)16-10)13(21)17-3-1-14(2-4-17)7-12(20)15-8-14/h5-6H,1-4,7-8H2,(H,15,20)(H2,16,18,19). The topological polar surface area (TPSA) is 102 Å². The molecule has 0 unspecified atom stereocenters. The molecular weight excluding hydrogens is 274 g/mol.